The average Bonchev–Trinajstić information content (AvgIpc) is 2.67. The Hall–Kier alpha value is -2.50. The van der Waals surface area contributed by atoms with E-state index in [1.165, 1.54) is 14.2 Å². The van der Waals surface area contributed by atoms with Crippen molar-refractivity contribution in [2.45, 2.75) is 58.3 Å². The molecular formula is C22H32O6. The van der Waals surface area contributed by atoms with Crippen LogP contribution in [0.2, 0.25) is 0 Å². The molecule has 156 valence electrons. The summed E-state index contributed by atoms with van der Waals surface area (Å²) >= 11 is 0. The zero-order valence-electron chi connectivity index (χ0n) is 17.2. The first kappa shape index (κ1) is 23.5. The normalized spacial score (nSPS) is 10.4. The van der Waals surface area contributed by atoms with Crippen LogP contribution in [0.3, 0.4) is 0 Å². The summed E-state index contributed by atoms with van der Waals surface area (Å²) in [6, 6.07) is 1.70. The third-order valence-electron chi connectivity index (χ3n) is 4.52. The van der Waals surface area contributed by atoms with Gasteiger partial charge in [-0.05, 0) is 31.4 Å². The lowest BCUT2D eigenvalue weighted by atomic mass is 9.97. The molecule has 0 aromatic heterocycles. The van der Waals surface area contributed by atoms with Gasteiger partial charge in [0.05, 0.1) is 19.8 Å². The number of rotatable bonds is 14. The van der Waals surface area contributed by atoms with Gasteiger partial charge < -0.3 is 19.3 Å². The van der Waals surface area contributed by atoms with Crippen LogP contribution in [0.15, 0.2) is 18.7 Å². The molecule has 0 spiro atoms. The third-order valence-corrected chi connectivity index (χ3v) is 4.52. The third kappa shape index (κ3) is 7.25. The fraction of sp³-hybridized carbons (Fsp3) is 0.545. The van der Waals surface area contributed by atoms with Crippen molar-refractivity contribution in [3.63, 3.8) is 0 Å². The van der Waals surface area contributed by atoms with Crippen LogP contribution in [0.4, 0.5) is 0 Å². The number of aryl methyl sites for hydroxylation is 1. The van der Waals surface area contributed by atoms with Crippen LogP contribution < -0.4 is 9.47 Å². The number of phenolic OH excluding ortho intramolecular Hbond substituents is 1. The second kappa shape index (κ2) is 12.8. The van der Waals surface area contributed by atoms with E-state index in [4.69, 9.17) is 14.2 Å². The van der Waals surface area contributed by atoms with Crippen LogP contribution in [-0.4, -0.2) is 37.7 Å². The van der Waals surface area contributed by atoms with Crippen molar-refractivity contribution < 1.29 is 28.9 Å². The number of carbonyl (C=O) groups is 2. The fourth-order valence-electron chi connectivity index (χ4n) is 3.06. The number of ether oxygens (including phenoxy) is 3. The van der Waals surface area contributed by atoms with E-state index in [0.717, 1.165) is 38.5 Å². The highest BCUT2D eigenvalue weighted by atomic mass is 16.5. The average molecular weight is 392 g/mol. The second-order valence-corrected chi connectivity index (χ2v) is 6.67. The highest BCUT2D eigenvalue weighted by molar-refractivity contribution is 6.01. The number of methoxy groups -OCH3 is 2. The summed E-state index contributed by atoms with van der Waals surface area (Å²) in [6.45, 7) is 5.54. The zero-order valence-corrected chi connectivity index (χ0v) is 17.2. The highest BCUT2D eigenvalue weighted by Gasteiger charge is 2.21. The summed E-state index contributed by atoms with van der Waals surface area (Å²) in [6.07, 6.45) is 7.85. The first-order valence-corrected chi connectivity index (χ1v) is 9.70. The summed E-state index contributed by atoms with van der Waals surface area (Å²) < 4.78 is 15.3. The van der Waals surface area contributed by atoms with E-state index in [9.17, 15) is 14.7 Å². The zero-order chi connectivity index (χ0) is 20.9. The van der Waals surface area contributed by atoms with E-state index in [1.54, 1.807) is 19.1 Å². The minimum atomic E-state index is -0.185. The summed E-state index contributed by atoms with van der Waals surface area (Å²) in [5.74, 6) is 0.148. The van der Waals surface area contributed by atoms with Gasteiger partial charge in [-0.1, -0.05) is 38.3 Å². The van der Waals surface area contributed by atoms with Crippen molar-refractivity contribution in [2.75, 3.05) is 20.8 Å². The first-order valence-electron chi connectivity index (χ1n) is 9.70. The number of ketones is 1. The van der Waals surface area contributed by atoms with E-state index >= 15 is 0 Å². The summed E-state index contributed by atoms with van der Waals surface area (Å²) in [4.78, 5) is 23.9. The number of carbonyl (C=O) groups excluding carboxylic acids is 2. The van der Waals surface area contributed by atoms with Crippen LogP contribution in [0.1, 0.15) is 67.3 Å². The lowest BCUT2D eigenvalue weighted by Crippen LogP contribution is -2.05. The molecule has 6 nitrogen and oxygen atoms in total. The molecule has 0 heterocycles. The molecule has 1 aromatic carbocycles. The number of Topliss-reactive ketones (excluding diaryl/α,β-unsaturated/α-hetero) is 1. The number of esters is 1. The van der Waals surface area contributed by atoms with Gasteiger partial charge in [-0.15, -0.1) is 0 Å². The molecule has 28 heavy (non-hydrogen) atoms. The molecule has 1 aromatic rings. The number of unbranched alkanes of at least 4 members (excludes halogenated alkanes) is 5. The van der Waals surface area contributed by atoms with Crippen LogP contribution >= 0.6 is 0 Å². The maximum absolute atomic E-state index is 12.5. The Morgan fingerprint density at radius 1 is 1.04 bits per heavy atom. The first-order chi connectivity index (χ1) is 13.5. The molecule has 0 bridgehead atoms. The summed E-state index contributed by atoms with van der Waals surface area (Å²) in [5, 5.41) is 10.4. The van der Waals surface area contributed by atoms with Gasteiger partial charge in [-0.2, -0.15) is 0 Å². The minimum Gasteiger partial charge on any atom is -0.504 e. The second-order valence-electron chi connectivity index (χ2n) is 6.67. The molecule has 0 amide bonds. The van der Waals surface area contributed by atoms with Crippen molar-refractivity contribution in [3.05, 3.63) is 29.8 Å². The maximum atomic E-state index is 12.5. The Labute approximate surface area is 167 Å². The molecule has 6 heteroatoms. The molecule has 0 aliphatic heterocycles. The smallest absolute Gasteiger partial charge is 0.306 e. The Bertz CT molecular complexity index is 665. The van der Waals surface area contributed by atoms with Crippen LogP contribution in [-0.2, 0) is 9.53 Å². The van der Waals surface area contributed by atoms with Crippen molar-refractivity contribution in [3.8, 4) is 17.2 Å². The van der Waals surface area contributed by atoms with E-state index < -0.39 is 0 Å². The SMILES string of the molecule is C=CCOC(=O)CCCCCCCCC(=O)c1c(C)cc(OC)c(OC)c1O. The van der Waals surface area contributed by atoms with Crippen LogP contribution in [0.25, 0.3) is 0 Å². The Morgan fingerprint density at radius 2 is 1.64 bits per heavy atom. The van der Waals surface area contributed by atoms with Crippen LogP contribution in [0.5, 0.6) is 17.2 Å². The number of hydrogen-bond acceptors (Lipinski definition) is 6. The molecule has 0 atom stereocenters. The summed E-state index contributed by atoms with van der Waals surface area (Å²) in [5.41, 5.74) is 0.971. The quantitative estimate of drug-likeness (QED) is 0.213. The van der Waals surface area contributed by atoms with E-state index in [-0.39, 0.29) is 29.9 Å². The van der Waals surface area contributed by atoms with Gasteiger partial charge in [-0.3, -0.25) is 9.59 Å². The van der Waals surface area contributed by atoms with Crippen molar-refractivity contribution in [2.24, 2.45) is 0 Å². The van der Waals surface area contributed by atoms with E-state index in [2.05, 4.69) is 6.58 Å². The van der Waals surface area contributed by atoms with Gasteiger partial charge in [0.25, 0.3) is 0 Å². The predicted octanol–water partition coefficient (Wildman–Crippen LogP) is 4.75. The highest BCUT2D eigenvalue weighted by Crippen LogP contribution is 2.41. The molecule has 0 aliphatic carbocycles. The predicted molar refractivity (Wildman–Crippen MR) is 108 cm³/mol. The lowest BCUT2D eigenvalue weighted by Gasteiger charge is -2.15. The largest absolute Gasteiger partial charge is 0.504 e. The Morgan fingerprint density at radius 3 is 2.21 bits per heavy atom. The molecule has 1 N–H and O–H groups in total. The number of benzene rings is 1. The summed E-state index contributed by atoms with van der Waals surface area (Å²) in [7, 11) is 2.92. The van der Waals surface area contributed by atoms with Gasteiger partial charge in [0.1, 0.15) is 6.61 Å². The minimum absolute atomic E-state index is 0.0964. The van der Waals surface area contributed by atoms with Gasteiger partial charge >= 0.3 is 5.97 Å². The van der Waals surface area contributed by atoms with Gasteiger partial charge in [0.2, 0.25) is 5.75 Å². The maximum Gasteiger partial charge on any atom is 0.306 e. The number of hydrogen-bond donors (Lipinski definition) is 1. The Balaban J connectivity index is 2.34. The van der Waals surface area contributed by atoms with Crippen molar-refractivity contribution >= 4 is 11.8 Å². The van der Waals surface area contributed by atoms with Crippen molar-refractivity contribution in [1.82, 2.24) is 0 Å². The molecule has 0 radical (unpaired) electrons. The lowest BCUT2D eigenvalue weighted by molar-refractivity contribution is -0.142. The standard InChI is InChI=1S/C22H32O6/c1-5-14-28-19(24)13-11-9-7-6-8-10-12-17(23)20-16(2)15-18(26-3)22(27-4)21(20)25/h5,15,25H,1,6-14H2,2-4H3. The Kier molecular flexibility index (Phi) is 10.8. The molecule has 0 aliphatic rings. The van der Waals surface area contributed by atoms with Crippen molar-refractivity contribution in [1.29, 1.82) is 0 Å². The fourth-order valence-corrected chi connectivity index (χ4v) is 3.06. The van der Waals surface area contributed by atoms with E-state index in [1.807, 2.05) is 0 Å². The topological polar surface area (TPSA) is 82.1 Å². The number of phenols is 1. The molecule has 0 saturated carbocycles. The molecule has 1 rings (SSSR count). The van der Waals surface area contributed by atoms with Gasteiger partial charge in [0.15, 0.2) is 17.3 Å². The monoisotopic (exact) mass is 392 g/mol. The molecule has 0 fully saturated rings. The molecule has 0 unspecified atom stereocenters. The van der Waals surface area contributed by atoms with Crippen LogP contribution in [0, 0.1) is 6.92 Å². The van der Waals surface area contributed by atoms with E-state index in [0.29, 0.717) is 29.7 Å². The molecular weight excluding hydrogens is 360 g/mol. The van der Waals surface area contributed by atoms with Gasteiger partial charge in [-0.25, -0.2) is 0 Å². The number of aromatic hydroxyl groups is 1. The molecule has 0 saturated heterocycles. The van der Waals surface area contributed by atoms with Gasteiger partial charge in [0, 0.05) is 12.8 Å².